The van der Waals surface area contributed by atoms with Crippen LogP contribution in [0, 0.1) is 0 Å². The zero-order chi connectivity index (χ0) is 14.7. The molecule has 0 fully saturated rings. The minimum atomic E-state index is -0.512. The van der Waals surface area contributed by atoms with Gasteiger partial charge in [-0.15, -0.1) is 0 Å². The van der Waals surface area contributed by atoms with Gasteiger partial charge in [-0.05, 0) is 37.6 Å². The summed E-state index contributed by atoms with van der Waals surface area (Å²) in [5.74, 6) is -0.616. The lowest BCUT2D eigenvalue weighted by molar-refractivity contribution is 0.104. The van der Waals surface area contributed by atoms with Gasteiger partial charge in [-0.3, -0.25) is 9.59 Å². The van der Waals surface area contributed by atoms with Crippen molar-refractivity contribution in [1.29, 1.82) is 0 Å². The first-order chi connectivity index (χ1) is 9.58. The molecule has 0 unspecified atom stereocenters. The fourth-order valence-electron chi connectivity index (χ4n) is 1.95. The van der Waals surface area contributed by atoms with E-state index in [-0.39, 0.29) is 16.8 Å². The van der Waals surface area contributed by atoms with Gasteiger partial charge in [0.1, 0.15) is 11.8 Å². The largest absolute Gasteiger partial charge is 0.502 e. The van der Waals surface area contributed by atoms with Gasteiger partial charge in [0.15, 0.2) is 11.5 Å². The third-order valence-electron chi connectivity index (χ3n) is 2.86. The summed E-state index contributed by atoms with van der Waals surface area (Å²) in [4.78, 5) is 23.9. The summed E-state index contributed by atoms with van der Waals surface area (Å²) in [5, 5.41) is 9.64. The standard InChI is InChI=1S/C16H14O4/c1-3-5-10-7-12-15(20-9-14(18)16(12)19)8-11(10)13(17)6-4-2/h3-9,18H,1-2H3/b5-3+,6-4+. The van der Waals surface area contributed by atoms with E-state index in [0.29, 0.717) is 11.1 Å². The second kappa shape index (κ2) is 5.57. The van der Waals surface area contributed by atoms with Crippen molar-refractivity contribution < 1.29 is 14.3 Å². The molecule has 0 atom stereocenters. The Balaban J connectivity index is 2.81. The Morgan fingerprint density at radius 2 is 2.00 bits per heavy atom. The third kappa shape index (κ3) is 2.40. The van der Waals surface area contributed by atoms with Crippen LogP contribution in [0.1, 0.15) is 29.8 Å². The zero-order valence-corrected chi connectivity index (χ0v) is 11.2. The molecule has 0 aliphatic rings. The number of aromatic hydroxyl groups is 1. The Morgan fingerprint density at radius 3 is 2.65 bits per heavy atom. The van der Waals surface area contributed by atoms with E-state index < -0.39 is 11.2 Å². The van der Waals surface area contributed by atoms with E-state index in [0.717, 1.165) is 6.26 Å². The van der Waals surface area contributed by atoms with Gasteiger partial charge in [0, 0.05) is 5.56 Å². The van der Waals surface area contributed by atoms with Crippen LogP contribution in [0.3, 0.4) is 0 Å². The molecule has 4 nitrogen and oxygen atoms in total. The SMILES string of the molecule is C/C=C/C(=O)c1cc2occ(O)c(=O)c2cc1/C=C/C. The molecular formula is C16H14O4. The van der Waals surface area contributed by atoms with Crippen LogP contribution in [0.4, 0.5) is 0 Å². The van der Waals surface area contributed by atoms with Crippen LogP contribution in [-0.4, -0.2) is 10.9 Å². The van der Waals surface area contributed by atoms with Crippen LogP contribution in [-0.2, 0) is 0 Å². The number of rotatable bonds is 3. The van der Waals surface area contributed by atoms with Crippen LogP contribution in [0.2, 0.25) is 0 Å². The summed E-state index contributed by atoms with van der Waals surface area (Å²) in [6.07, 6.45) is 7.59. The lowest BCUT2D eigenvalue weighted by Gasteiger charge is -2.05. The molecule has 0 saturated heterocycles. The number of hydrogen-bond donors (Lipinski definition) is 1. The maximum Gasteiger partial charge on any atom is 0.234 e. The van der Waals surface area contributed by atoms with Crippen LogP contribution >= 0.6 is 0 Å². The highest BCUT2D eigenvalue weighted by Crippen LogP contribution is 2.22. The van der Waals surface area contributed by atoms with E-state index in [4.69, 9.17) is 4.42 Å². The van der Waals surface area contributed by atoms with Gasteiger partial charge in [-0.1, -0.05) is 18.2 Å². The Morgan fingerprint density at radius 1 is 1.25 bits per heavy atom. The topological polar surface area (TPSA) is 67.5 Å². The summed E-state index contributed by atoms with van der Waals surface area (Å²) in [7, 11) is 0. The lowest BCUT2D eigenvalue weighted by atomic mass is 10.00. The average Bonchev–Trinajstić information content (AvgIpc) is 2.43. The predicted octanol–water partition coefficient (Wildman–Crippen LogP) is 3.29. The van der Waals surface area contributed by atoms with Gasteiger partial charge >= 0.3 is 0 Å². The van der Waals surface area contributed by atoms with Crippen molar-refractivity contribution in [3.63, 3.8) is 0 Å². The van der Waals surface area contributed by atoms with Crippen LogP contribution < -0.4 is 5.43 Å². The molecule has 0 aliphatic carbocycles. The fourth-order valence-corrected chi connectivity index (χ4v) is 1.95. The molecule has 2 aromatic rings. The molecule has 2 rings (SSSR count). The van der Waals surface area contributed by atoms with E-state index in [1.54, 1.807) is 31.2 Å². The average molecular weight is 270 g/mol. The van der Waals surface area contributed by atoms with E-state index in [1.165, 1.54) is 12.1 Å². The molecule has 0 bridgehead atoms. The summed E-state index contributed by atoms with van der Waals surface area (Å²) in [5.41, 5.74) is 0.819. The highest BCUT2D eigenvalue weighted by molar-refractivity contribution is 6.09. The van der Waals surface area contributed by atoms with E-state index in [2.05, 4.69) is 0 Å². The van der Waals surface area contributed by atoms with E-state index in [1.807, 2.05) is 6.92 Å². The van der Waals surface area contributed by atoms with Gasteiger partial charge in [0.25, 0.3) is 0 Å². The number of fused-ring (bicyclic) bond motifs is 1. The maximum atomic E-state index is 12.0. The summed E-state index contributed by atoms with van der Waals surface area (Å²) in [6.45, 7) is 3.57. The van der Waals surface area contributed by atoms with Gasteiger partial charge in [0.2, 0.25) is 5.43 Å². The Bertz CT molecular complexity index is 779. The molecule has 4 heteroatoms. The summed E-state index contributed by atoms with van der Waals surface area (Å²) >= 11 is 0. The lowest BCUT2D eigenvalue weighted by Crippen LogP contribution is -2.04. The van der Waals surface area contributed by atoms with Gasteiger partial charge in [-0.2, -0.15) is 0 Å². The smallest absolute Gasteiger partial charge is 0.234 e. The minimum Gasteiger partial charge on any atom is -0.502 e. The molecule has 0 spiro atoms. The van der Waals surface area contributed by atoms with Crippen molar-refractivity contribution in [2.45, 2.75) is 13.8 Å². The van der Waals surface area contributed by atoms with Crippen molar-refractivity contribution in [2.24, 2.45) is 0 Å². The predicted molar refractivity (Wildman–Crippen MR) is 78.0 cm³/mol. The first-order valence-corrected chi connectivity index (χ1v) is 6.16. The minimum absolute atomic E-state index is 0.168. The van der Waals surface area contributed by atoms with E-state index >= 15 is 0 Å². The zero-order valence-electron chi connectivity index (χ0n) is 11.2. The molecule has 1 N–H and O–H groups in total. The number of carbonyl (C=O) groups excluding carboxylic acids is 1. The molecular weight excluding hydrogens is 256 g/mol. The molecule has 102 valence electrons. The number of ketones is 1. The van der Waals surface area contributed by atoms with Crippen molar-refractivity contribution >= 4 is 22.8 Å². The third-order valence-corrected chi connectivity index (χ3v) is 2.86. The normalized spacial score (nSPS) is 11.7. The number of hydrogen-bond acceptors (Lipinski definition) is 4. The van der Waals surface area contributed by atoms with Crippen LogP contribution in [0.5, 0.6) is 5.75 Å². The molecule has 0 saturated carbocycles. The fraction of sp³-hybridized carbons (Fsp3) is 0.125. The summed E-state index contributed by atoms with van der Waals surface area (Å²) < 4.78 is 5.17. The molecule has 1 aromatic heterocycles. The number of carbonyl (C=O) groups is 1. The molecule has 0 aliphatic heterocycles. The monoisotopic (exact) mass is 270 g/mol. The van der Waals surface area contributed by atoms with Crippen molar-refractivity contribution in [3.05, 3.63) is 58.0 Å². The van der Waals surface area contributed by atoms with Gasteiger partial charge in [0.05, 0.1) is 5.39 Å². The molecule has 1 aromatic carbocycles. The van der Waals surface area contributed by atoms with Gasteiger partial charge < -0.3 is 9.52 Å². The Labute approximate surface area is 115 Å². The maximum absolute atomic E-state index is 12.0. The number of allylic oxidation sites excluding steroid dienone is 3. The second-order valence-corrected chi connectivity index (χ2v) is 4.25. The second-order valence-electron chi connectivity index (χ2n) is 4.25. The molecule has 0 radical (unpaired) electrons. The Kier molecular flexibility index (Phi) is 3.84. The van der Waals surface area contributed by atoms with Crippen molar-refractivity contribution in [3.8, 4) is 5.75 Å². The highest BCUT2D eigenvalue weighted by atomic mass is 16.3. The van der Waals surface area contributed by atoms with Gasteiger partial charge in [-0.25, -0.2) is 0 Å². The van der Waals surface area contributed by atoms with Crippen LogP contribution in [0.15, 0.2) is 45.8 Å². The van der Waals surface area contributed by atoms with Crippen molar-refractivity contribution in [1.82, 2.24) is 0 Å². The summed E-state index contributed by atoms with van der Waals surface area (Å²) in [6, 6.07) is 3.07. The van der Waals surface area contributed by atoms with E-state index in [9.17, 15) is 14.7 Å². The first-order valence-electron chi connectivity index (χ1n) is 6.16. The molecule has 20 heavy (non-hydrogen) atoms. The highest BCUT2D eigenvalue weighted by Gasteiger charge is 2.13. The molecule has 0 amide bonds. The Hall–Kier alpha value is -2.62. The molecule has 1 heterocycles. The quantitative estimate of drug-likeness (QED) is 0.686. The first kappa shape index (κ1) is 13.8. The van der Waals surface area contributed by atoms with Crippen LogP contribution in [0.25, 0.3) is 17.0 Å². The van der Waals surface area contributed by atoms with Crippen molar-refractivity contribution in [2.75, 3.05) is 0 Å². The number of benzene rings is 1.